The highest BCUT2D eigenvalue weighted by molar-refractivity contribution is 7.99. The second kappa shape index (κ2) is 8.11. The topological polar surface area (TPSA) is 98.7 Å². The third kappa shape index (κ3) is 5.23. The van der Waals surface area contributed by atoms with Crippen molar-refractivity contribution >= 4 is 29.4 Å². The summed E-state index contributed by atoms with van der Waals surface area (Å²) in [7, 11) is 0. The van der Waals surface area contributed by atoms with Gasteiger partial charge in [-0.05, 0) is 18.2 Å². The maximum absolute atomic E-state index is 11.6. The summed E-state index contributed by atoms with van der Waals surface area (Å²) < 4.78 is 0. The normalized spacial score (nSPS) is 9.80. The number of aromatic carboxylic acids is 1. The number of benzene rings is 1. The van der Waals surface area contributed by atoms with Gasteiger partial charge >= 0.3 is 12.0 Å². The first-order chi connectivity index (χ1) is 9.54. The molecule has 0 atom stereocenters. The second-order valence-corrected chi connectivity index (χ2v) is 4.93. The van der Waals surface area contributed by atoms with Crippen molar-refractivity contribution in [2.45, 2.75) is 0 Å². The van der Waals surface area contributed by atoms with Crippen LogP contribution in [0.2, 0.25) is 0 Å². The molecule has 2 amide bonds. The summed E-state index contributed by atoms with van der Waals surface area (Å²) in [5, 5.41) is 23.3. The van der Waals surface area contributed by atoms with Crippen LogP contribution in [0.15, 0.2) is 30.9 Å². The summed E-state index contributed by atoms with van der Waals surface area (Å²) in [6.45, 7) is 4.05. The van der Waals surface area contributed by atoms with Gasteiger partial charge in [-0.15, -0.1) is 6.58 Å². The van der Waals surface area contributed by atoms with E-state index in [4.69, 9.17) is 5.11 Å². The van der Waals surface area contributed by atoms with Crippen molar-refractivity contribution in [2.75, 3.05) is 23.4 Å². The van der Waals surface area contributed by atoms with Crippen molar-refractivity contribution in [3.63, 3.8) is 0 Å². The molecule has 0 aliphatic heterocycles. The molecule has 1 rings (SSSR count). The number of hydrogen-bond acceptors (Lipinski definition) is 4. The Balaban J connectivity index is 2.53. The molecule has 0 spiro atoms. The van der Waals surface area contributed by atoms with Gasteiger partial charge in [0, 0.05) is 18.1 Å². The number of phenolic OH excluding ortho intramolecular Hbond substituents is 1. The van der Waals surface area contributed by atoms with E-state index in [9.17, 15) is 14.7 Å². The van der Waals surface area contributed by atoms with Crippen molar-refractivity contribution in [3.05, 3.63) is 36.4 Å². The average molecular weight is 296 g/mol. The van der Waals surface area contributed by atoms with E-state index >= 15 is 0 Å². The highest BCUT2D eigenvalue weighted by Gasteiger charge is 2.13. The van der Waals surface area contributed by atoms with Crippen molar-refractivity contribution in [1.29, 1.82) is 0 Å². The lowest BCUT2D eigenvalue weighted by molar-refractivity contribution is 0.0697. The van der Waals surface area contributed by atoms with E-state index in [-0.39, 0.29) is 17.0 Å². The van der Waals surface area contributed by atoms with Crippen LogP contribution in [0.3, 0.4) is 0 Å². The smallest absolute Gasteiger partial charge is 0.337 e. The van der Waals surface area contributed by atoms with Gasteiger partial charge in [-0.3, -0.25) is 0 Å². The minimum Gasteiger partial charge on any atom is -0.508 e. The summed E-state index contributed by atoms with van der Waals surface area (Å²) in [4.78, 5) is 22.6. The van der Waals surface area contributed by atoms with Gasteiger partial charge in [-0.25, -0.2) is 9.59 Å². The number of thioether (sulfide) groups is 1. The van der Waals surface area contributed by atoms with Gasteiger partial charge in [0.25, 0.3) is 0 Å². The fourth-order valence-electron chi connectivity index (χ4n) is 1.39. The first-order valence-corrected chi connectivity index (χ1v) is 7.00. The number of urea groups is 1. The van der Waals surface area contributed by atoms with E-state index < -0.39 is 12.0 Å². The molecule has 0 aliphatic rings. The number of aromatic hydroxyl groups is 1. The maximum Gasteiger partial charge on any atom is 0.337 e. The third-order valence-corrected chi connectivity index (χ3v) is 3.21. The summed E-state index contributed by atoms with van der Waals surface area (Å²) in [5.41, 5.74) is -0.0345. The van der Waals surface area contributed by atoms with Crippen LogP contribution < -0.4 is 10.6 Å². The van der Waals surface area contributed by atoms with Crippen LogP contribution >= 0.6 is 11.8 Å². The number of rotatable bonds is 7. The van der Waals surface area contributed by atoms with Crippen molar-refractivity contribution < 1.29 is 19.8 Å². The number of phenols is 1. The van der Waals surface area contributed by atoms with Crippen molar-refractivity contribution in [1.82, 2.24) is 5.32 Å². The number of carboxylic acids is 1. The molecule has 0 heterocycles. The molecule has 0 unspecified atom stereocenters. The Bertz CT molecular complexity index is 505. The highest BCUT2D eigenvalue weighted by atomic mass is 32.2. The highest BCUT2D eigenvalue weighted by Crippen LogP contribution is 2.21. The molecule has 7 heteroatoms. The van der Waals surface area contributed by atoms with Crippen LogP contribution in [0.1, 0.15) is 10.4 Å². The Labute approximate surface area is 120 Å². The number of carboxylic acid groups (broad SMARTS) is 1. The number of amides is 2. The SMILES string of the molecule is C=CCSCCNC(=O)Nc1ccc(O)cc1C(=O)O. The number of carbonyl (C=O) groups excluding carboxylic acids is 1. The van der Waals surface area contributed by atoms with Crippen LogP contribution in [0.25, 0.3) is 0 Å². The molecule has 4 N–H and O–H groups in total. The molecule has 108 valence electrons. The number of anilines is 1. The second-order valence-electron chi connectivity index (χ2n) is 3.78. The molecular weight excluding hydrogens is 280 g/mol. The minimum atomic E-state index is -1.22. The van der Waals surface area contributed by atoms with Gasteiger partial charge in [0.05, 0.1) is 11.3 Å². The lowest BCUT2D eigenvalue weighted by Crippen LogP contribution is -2.31. The molecule has 20 heavy (non-hydrogen) atoms. The van der Waals surface area contributed by atoms with Crippen LogP contribution in [0.5, 0.6) is 5.75 Å². The predicted molar refractivity (Wildman–Crippen MR) is 79.6 cm³/mol. The third-order valence-electron chi connectivity index (χ3n) is 2.25. The van der Waals surface area contributed by atoms with Gasteiger partial charge in [-0.1, -0.05) is 6.08 Å². The predicted octanol–water partition coefficient (Wildman–Crippen LogP) is 2.13. The Kier molecular flexibility index (Phi) is 6.45. The zero-order chi connectivity index (χ0) is 15.0. The Morgan fingerprint density at radius 3 is 2.80 bits per heavy atom. The molecule has 0 radical (unpaired) electrons. The molecule has 6 nitrogen and oxygen atoms in total. The monoisotopic (exact) mass is 296 g/mol. The fourth-order valence-corrected chi connectivity index (χ4v) is 1.97. The lowest BCUT2D eigenvalue weighted by atomic mass is 10.1. The van der Waals surface area contributed by atoms with Crippen LogP contribution in [0, 0.1) is 0 Å². The van der Waals surface area contributed by atoms with Gasteiger partial charge in [0.1, 0.15) is 5.75 Å². The van der Waals surface area contributed by atoms with Gasteiger partial charge in [0.15, 0.2) is 0 Å². The molecule has 0 aliphatic carbocycles. The molecule has 1 aromatic rings. The molecule has 0 fully saturated rings. The Hall–Kier alpha value is -2.15. The number of hydrogen-bond donors (Lipinski definition) is 4. The molecule has 1 aromatic carbocycles. The van der Waals surface area contributed by atoms with E-state index in [1.165, 1.54) is 12.1 Å². The lowest BCUT2D eigenvalue weighted by Gasteiger charge is -2.10. The largest absolute Gasteiger partial charge is 0.508 e. The Morgan fingerprint density at radius 1 is 1.40 bits per heavy atom. The van der Waals surface area contributed by atoms with Gasteiger partial charge in [0.2, 0.25) is 0 Å². The van der Waals surface area contributed by atoms with Crippen molar-refractivity contribution in [3.8, 4) is 5.75 Å². The zero-order valence-electron chi connectivity index (χ0n) is 10.8. The van der Waals surface area contributed by atoms with Crippen LogP contribution in [-0.2, 0) is 0 Å². The first-order valence-electron chi connectivity index (χ1n) is 5.84. The molecular formula is C13H16N2O4S. The Morgan fingerprint density at radius 2 is 2.15 bits per heavy atom. The summed E-state index contributed by atoms with van der Waals surface area (Å²) >= 11 is 1.62. The minimum absolute atomic E-state index is 0.131. The first kappa shape index (κ1) is 15.9. The van der Waals surface area contributed by atoms with E-state index in [0.29, 0.717) is 6.54 Å². The average Bonchev–Trinajstić information content (AvgIpc) is 2.40. The van der Waals surface area contributed by atoms with E-state index in [1.54, 1.807) is 17.8 Å². The number of carbonyl (C=O) groups is 2. The van der Waals surface area contributed by atoms with Gasteiger partial charge in [-0.2, -0.15) is 11.8 Å². The van der Waals surface area contributed by atoms with E-state index in [2.05, 4.69) is 17.2 Å². The molecule has 0 saturated heterocycles. The summed E-state index contributed by atoms with van der Waals surface area (Å²) in [5.74, 6) is 0.150. The summed E-state index contributed by atoms with van der Waals surface area (Å²) in [6, 6.07) is 3.24. The van der Waals surface area contributed by atoms with Crippen molar-refractivity contribution in [2.24, 2.45) is 0 Å². The van der Waals surface area contributed by atoms with Gasteiger partial charge < -0.3 is 20.8 Å². The zero-order valence-corrected chi connectivity index (χ0v) is 11.6. The summed E-state index contributed by atoms with van der Waals surface area (Å²) in [6.07, 6.45) is 1.78. The van der Waals surface area contributed by atoms with Crippen LogP contribution in [-0.4, -0.2) is 40.3 Å². The van der Waals surface area contributed by atoms with Crippen LogP contribution in [0.4, 0.5) is 10.5 Å². The molecule has 0 saturated carbocycles. The van der Waals surface area contributed by atoms with E-state index in [0.717, 1.165) is 17.6 Å². The standard InChI is InChI=1S/C13H16N2O4S/c1-2-6-20-7-5-14-13(19)15-11-4-3-9(16)8-10(11)12(17)18/h2-4,8,16H,1,5-7H2,(H,17,18)(H2,14,15,19). The molecule has 0 aromatic heterocycles. The number of nitrogens with one attached hydrogen (secondary N) is 2. The fraction of sp³-hybridized carbons (Fsp3) is 0.231. The maximum atomic E-state index is 11.6. The molecule has 0 bridgehead atoms. The van der Waals surface area contributed by atoms with E-state index in [1.807, 2.05) is 0 Å². The quantitative estimate of drug-likeness (QED) is 0.351.